The number of carbonyl (C=O) groups excluding carboxylic acids is 2. The van der Waals surface area contributed by atoms with Crippen LogP contribution in [0, 0.1) is 10.1 Å². The van der Waals surface area contributed by atoms with E-state index >= 15 is 0 Å². The zero-order chi connectivity index (χ0) is 24.2. The normalized spacial score (nSPS) is 10.9. The second kappa shape index (κ2) is 9.48. The molecule has 170 valence electrons. The number of nitro groups is 1. The number of halogens is 4. The predicted octanol–water partition coefficient (Wildman–Crippen LogP) is 4.81. The Morgan fingerprint density at radius 2 is 1.79 bits per heavy atom. The SMILES string of the molecule is O=C(NC(=O)c1cccc([N+](=O)[O-])c1)Nc1ccc(Oc2ncc(Cl)cn2)c(C(F)(F)F)c1. The van der Waals surface area contributed by atoms with Gasteiger partial charge in [0.05, 0.1) is 22.3 Å². The number of nitrogens with one attached hydrogen (secondary N) is 2. The van der Waals surface area contributed by atoms with E-state index in [4.69, 9.17) is 16.3 Å². The first-order valence-electron chi connectivity index (χ1n) is 8.76. The number of nitrogens with zero attached hydrogens (tertiary/aromatic N) is 3. The van der Waals surface area contributed by atoms with Crippen LogP contribution in [0.2, 0.25) is 5.02 Å². The average Bonchev–Trinajstić information content (AvgIpc) is 2.75. The van der Waals surface area contributed by atoms with Crippen molar-refractivity contribution in [1.82, 2.24) is 15.3 Å². The molecule has 14 heteroatoms. The molecule has 1 aromatic heterocycles. The molecular formula is C19H11ClF3N5O5. The van der Waals surface area contributed by atoms with Gasteiger partial charge in [-0.1, -0.05) is 17.7 Å². The van der Waals surface area contributed by atoms with Gasteiger partial charge < -0.3 is 10.1 Å². The highest BCUT2D eigenvalue weighted by Crippen LogP contribution is 2.39. The average molecular weight is 482 g/mol. The molecule has 0 saturated heterocycles. The van der Waals surface area contributed by atoms with E-state index in [1.54, 1.807) is 0 Å². The quantitative estimate of drug-likeness (QED) is 0.394. The van der Waals surface area contributed by atoms with Gasteiger partial charge in [-0.25, -0.2) is 14.8 Å². The first-order valence-corrected chi connectivity index (χ1v) is 9.14. The van der Waals surface area contributed by atoms with Crippen molar-refractivity contribution in [2.75, 3.05) is 5.32 Å². The molecule has 10 nitrogen and oxygen atoms in total. The largest absolute Gasteiger partial charge is 0.424 e. The van der Waals surface area contributed by atoms with Gasteiger partial charge in [-0.3, -0.25) is 20.2 Å². The minimum Gasteiger partial charge on any atom is -0.424 e. The fourth-order valence-corrected chi connectivity index (χ4v) is 2.57. The summed E-state index contributed by atoms with van der Waals surface area (Å²) < 4.78 is 45.5. The van der Waals surface area contributed by atoms with E-state index in [0.29, 0.717) is 6.07 Å². The number of rotatable bonds is 5. The van der Waals surface area contributed by atoms with Crippen molar-refractivity contribution >= 4 is 34.9 Å². The third-order valence-corrected chi connectivity index (χ3v) is 4.08. The number of imide groups is 1. The molecule has 2 N–H and O–H groups in total. The monoisotopic (exact) mass is 481 g/mol. The smallest absolute Gasteiger partial charge is 0.420 e. The summed E-state index contributed by atoms with van der Waals surface area (Å²) in [4.78, 5) is 41.5. The molecule has 0 radical (unpaired) electrons. The lowest BCUT2D eigenvalue weighted by atomic mass is 10.1. The number of ether oxygens (including phenoxy) is 1. The molecule has 0 aliphatic rings. The molecule has 0 saturated carbocycles. The summed E-state index contributed by atoms with van der Waals surface area (Å²) in [6.45, 7) is 0. The molecule has 1 heterocycles. The molecule has 0 aliphatic heterocycles. The highest BCUT2D eigenvalue weighted by molar-refractivity contribution is 6.30. The van der Waals surface area contributed by atoms with Crippen LogP contribution in [-0.2, 0) is 6.18 Å². The molecule has 0 unspecified atom stereocenters. The number of anilines is 1. The molecule has 0 spiro atoms. The molecular weight excluding hydrogens is 471 g/mol. The third-order valence-electron chi connectivity index (χ3n) is 3.89. The minimum absolute atomic E-state index is 0.156. The molecule has 0 bridgehead atoms. The van der Waals surface area contributed by atoms with Gasteiger partial charge in [0.1, 0.15) is 11.3 Å². The highest BCUT2D eigenvalue weighted by Gasteiger charge is 2.35. The molecule has 33 heavy (non-hydrogen) atoms. The number of non-ortho nitro benzene ring substituents is 1. The lowest BCUT2D eigenvalue weighted by Gasteiger charge is -2.15. The molecule has 0 atom stereocenters. The van der Waals surface area contributed by atoms with Crippen LogP contribution >= 0.6 is 11.6 Å². The lowest BCUT2D eigenvalue weighted by molar-refractivity contribution is -0.384. The second-order valence-corrected chi connectivity index (χ2v) is 6.65. The van der Waals surface area contributed by atoms with Crippen LogP contribution < -0.4 is 15.4 Å². The fraction of sp³-hybridized carbons (Fsp3) is 0.0526. The van der Waals surface area contributed by atoms with Crippen LogP contribution in [0.5, 0.6) is 11.8 Å². The number of carbonyl (C=O) groups is 2. The van der Waals surface area contributed by atoms with Crippen LogP contribution in [0.1, 0.15) is 15.9 Å². The lowest BCUT2D eigenvalue weighted by Crippen LogP contribution is -2.34. The Hall–Kier alpha value is -4.26. The summed E-state index contributed by atoms with van der Waals surface area (Å²) in [5, 5.41) is 14.9. The van der Waals surface area contributed by atoms with Gasteiger partial charge in [-0.05, 0) is 24.3 Å². The van der Waals surface area contributed by atoms with Crippen LogP contribution in [0.25, 0.3) is 0 Å². The topological polar surface area (TPSA) is 136 Å². The van der Waals surface area contributed by atoms with E-state index in [0.717, 1.165) is 36.7 Å². The number of hydrogen-bond donors (Lipinski definition) is 2. The van der Waals surface area contributed by atoms with Crippen LogP contribution in [0.4, 0.5) is 29.3 Å². The zero-order valence-electron chi connectivity index (χ0n) is 16.1. The Kier molecular flexibility index (Phi) is 6.72. The van der Waals surface area contributed by atoms with Crippen molar-refractivity contribution in [2.45, 2.75) is 6.18 Å². The van der Waals surface area contributed by atoms with Crippen molar-refractivity contribution in [1.29, 1.82) is 0 Å². The van der Waals surface area contributed by atoms with E-state index < -0.39 is 34.4 Å². The molecule has 0 aliphatic carbocycles. The maximum Gasteiger partial charge on any atom is 0.420 e. The first kappa shape index (κ1) is 23.4. The van der Waals surface area contributed by atoms with Gasteiger partial charge in [0.15, 0.2) is 0 Å². The number of hydrogen-bond acceptors (Lipinski definition) is 7. The van der Waals surface area contributed by atoms with Crippen LogP contribution in [0.15, 0.2) is 54.9 Å². The van der Waals surface area contributed by atoms with Crippen LogP contribution in [-0.4, -0.2) is 26.8 Å². The van der Waals surface area contributed by atoms with E-state index in [2.05, 4.69) is 15.3 Å². The molecule has 3 aromatic rings. The molecule has 3 amide bonds. The molecule has 3 rings (SSSR count). The zero-order valence-corrected chi connectivity index (χ0v) is 16.8. The van der Waals surface area contributed by atoms with Gasteiger partial charge in [0.2, 0.25) is 0 Å². The summed E-state index contributed by atoms with van der Waals surface area (Å²) in [5.41, 5.74) is -2.12. The maximum absolute atomic E-state index is 13.5. The summed E-state index contributed by atoms with van der Waals surface area (Å²) in [6, 6.07) is 5.62. The number of benzene rings is 2. The number of alkyl halides is 3. The van der Waals surface area contributed by atoms with Crippen molar-refractivity contribution in [3.05, 3.63) is 81.1 Å². The van der Waals surface area contributed by atoms with Gasteiger partial charge in [0, 0.05) is 23.4 Å². The van der Waals surface area contributed by atoms with Gasteiger partial charge in [0.25, 0.3) is 11.6 Å². The van der Waals surface area contributed by atoms with Crippen molar-refractivity contribution in [3.63, 3.8) is 0 Å². The highest BCUT2D eigenvalue weighted by atomic mass is 35.5. The predicted molar refractivity (Wildman–Crippen MR) is 108 cm³/mol. The number of aromatic nitrogens is 2. The van der Waals surface area contributed by atoms with Crippen molar-refractivity contribution in [3.8, 4) is 11.8 Å². The number of urea groups is 1. The van der Waals surface area contributed by atoms with Gasteiger partial charge in [-0.15, -0.1) is 0 Å². The Labute approximate surface area is 187 Å². The van der Waals surface area contributed by atoms with Gasteiger partial charge in [-0.2, -0.15) is 13.2 Å². The Bertz CT molecular complexity index is 1220. The third kappa shape index (κ3) is 6.13. The van der Waals surface area contributed by atoms with E-state index in [1.165, 1.54) is 12.1 Å². The van der Waals surface area contributed by atoms with Crippen molar-refractivity contribution < 1.29 is 32.4 Å². The number of nitro benzene ring substituents is 1. The van der Waals surface area contributed by atoms with Crippen LogP contribution in [0.3, 0.4) is 0 Å². The van der Waals surface area contributed by atoms with E-state index in [1.807, 2.05) is 5.32 Å². The molecule has 0 fully saturated rings. The second-order valence-electron chi connectivity index (χ2n) is 6.21. The first-order chi connectivity index (χ1) is 15.5. The van der Waals surface area contributed by atoms with Gasteiger partial charge >= 0.3 is 18.2 Å². The Morgan fingerprint density at radius 1 is 1.09 bits per heavy atom. The van der Waals surface area contributed by atoms with E-state index in [9.17, 15) is 32.9 Å². The minimum atomic E-state index is -4.87. The Morgan fingerprint density at radius 3 is 2.42 bits per heavy atom. The number of amides is 3. The van der Waals surface area contributed by atoms with Crippen molar-refractivity contribution in [2.24, 2.45) is 0 Å². The van der Waals surface area contributed by atoms with E-state index in [-0.39, 0.29) is 28.0 Å². The summed E-state index contributed by atoms with van der Waals surface area (Å²) in [7, 11) is 0. The summed E-state index contributed by atoms with van der Waals surface area (Å²) >= 11 is 5.62. The fourth-order valence-electron chi connectivity index (χ4n) is 2.47. The maximum atomic E-state index is 13.5. The Balaban J connectivity index is 1.75. The summed E-state index contributed by atoms with van der Waals surface area (Å²) in [5.74, 6) is -1.63. The molecule has 2 aromatic carbocycles. The summed E-state index contributed by atoms with van der Waals surface area (Å²) in [6.07, 6.45) is -2.60. The standard InChI is InChI=1S/C19H11ClF3N5O5/c20-11-8-24-18(25-9-11)33-15-5-4-12(7-14(15)19(21,22)23)26-17(30)27-16(29)10-2-1-3-13(6-10)28(31)32/h1-9H,(H2,26,27,29,30).